The van der Waals surface area contributed by atoms with Crippen LogP contribution in [0.2, 0.25) is 39.3 Å². The molecule has 0 amide bonds. The Bertz CT molecular complexity index is 309. The van der Waals surface area contributed by atoms with Crippen molar-refractivity contribution < 1.29 is 13.6 Å². The van der Waals surface area contributed by atoms with Gasteiger partial charge in [-0.15, -0.1) is 0 Å². The van der Waals surface area contributed by atoms with E-state index >= 15 is 0 Å². The van der Waals surface area contributed by atoms with Gasteiger partial charge in [-0.25, -0.2) is 4.79 Å². The van der Waals surface area contributed by atoms with Gasteiger partial charge in [-0.3, -0.25) is 0 Å². The molecule has 0 saturated carbocycles. The summed E-state index contributed by atoms with van der Waals surface area (Å²) in [5.41, 5.74) is 0.676. The fourth-order valence-corrected chi connectivity index (χ4v) is 3.12. The first-order chi connectivity index (χ1) is 7.46. The quantitative estimate of drug-likeness (QED) is 0.433. The third-order valence-corrected chi connectivity index (χ3v) is 3.60. The molecule has 0 spiro atoms. The van der Waals surface area contributed by atoms with Gasteiger partial charge in [0, 0.05) is 0 Å². The standard InChI is InChI=1S/C12H26O3Si2/c1-9-11(10(2)14-16(3,4)5)12(13)15-17(6,7)8/h9H2,1-8H3/b11-10-. The smallest absolute Gasteiger partial charge is 0.323 e. The van der Waals surface area contributed by atoms with Gasteiger partial charge in [-0.2, -0.15) is 0 Å². The Morgan fingerprint density at radius 3 is 1.65 bits per heavy atom. The maximum Gasteiger partial charge on any atom is 0.323 e. The zero-order valence-electron chi connectivity index (χ0n) is 12.4. The molecule has 0 rings (SSSR count). The summed E-state index contributed by atoms with van der Waals surface area (Å²) in [6.45, 7) is 16.2. The molecule has 5 heteroatoms. The molecule has 0 fully saturated rings. The fourth-order valence-electron chi connectivity index (χ4n) is 1.40. The van der Waals surface area contributed by atoms with Crippen molar-refractivity contribution in [1.29, 1.82) is 0 Å². The molecule has 0 atom stereocenters. The van der Waals surface area contributed by atoms with Gasteiger partial charge in [0.1, 0.15) is 0 Å². The second-order valence-corrected chi connectivity index (χ2v) is 15.0. The summed E-state index contributed by atoms with van der Waals surface area (Å²) in [5.74, 6) is 0.525. The molecule has 0 unspecified atom stereocenters. The number of hydrogen-bond acceptors (Lipinski definition) is 3. The monoisotopic (exact) mass is 274 g/mol. The molecular formula is C12H26O3Si2. The Morgan fingerprint density at radius 2 is 1.35 bits per heavy atom. The van der Waals surface area contributed by atoms with Crippen LogP contribution >= 0.6 is 0 Å². The summed E-state index contributed by atoms with van der Waals surface area (Å²) < 4.78 is 11.4. The lowest BCUT2D eigenvalue weighted by atomic mass is 10.2. The van der Waals surface area contributed by atoms with E-state index in [1.165, 1.54) is 0 Å². The molecule has 0 aromatic carbocycles. The first-order valence-corrected chi connectivity index (χ1v) is 12.9. The van der Waals surface area contributed by atoms with E-state index in [0.29, 0.717) is 12.0 Å². The SMILES string of the molecule is CC/C(C(=O)O[Si](C)(C)C)=C(\C)O[Si](C)(C)C. The van der Waals surface area contributed by atoms with E-state index < -0.39 is 16.6 Å². The van der Waals surface area contributed by atoms with Gasteiger partial charge in [0.15, 0.2) is 0 Å². The zero-order chi connectivity index (χ0) is 13.9. The Morgan fingerprint density at radius 1 is 0.941 bits per heavy atom. The molecule has 0 bridgehead atoms. The van der Waals surface area contributed by atoms with Gasteiger partial charge in [-0.05, 0) is 52.6 Å². The van der Waals surface area contributed by atoms with Crippen molar-refractivity contribution in [3.05, 3.63) is 11.3 Å². The first-order valence-electron chi connectivity index (χ1n) is 6.08. The molecule has 100 valence electrons. The van der Waals surface area contributed by atoms with Gasteiger partial charge in [0.2, 0.25) is 16.6 Å². The van der Waals surface area contributed by atoms with Crippen LogP contribution in [0, 0.1) is 0 Å². The molecule has 0 aliphatic carbocycles. The summed E-state index contributed by atoms with van der Waals surface area (Å²) in [5, 5.41) is 0. The van der Waals surface area contributed by atoms with Crippen LogP contribution in [0.3, 0.4) is 0 Å². The van der Waals surface area contributed by atoms with Gasteiger partial charge in [-0.1, -0.05) is 6.92 Å². The van der Waals surface area contributed by atoms with Crippen molar-refractivity contribution in [1.82, 2.24) is 0 Å². The molecule has 0 aliphatic heterocycles. The normalized spacial score (nSPS) is 14.1. The molecule has 0 N–H and O–H groups in total. The number of hydrogen-bond donors (Lipinski definition) is 0. The van der Waals surface area contributed by atoms with Crippen LogP contribution in [0.25, 0.3) is 0 Å². The molecule has 17 heavy (non-hydrogen) atoms. The topological polar surface area (TPSA) is 35.5 Å². The summed E-state index contributed by atoms with van der Waals surface area (Å²) in [6, 6.07) is 0. The molecule has 0 aromatic heterocycles. The van der Waals surface area contributed by atoms with Crippen LogP contribution in [-0.4, -0.2) is 22.6 Å². The maximum absolute atomic E-state index is 12.0. The predicted octanol–water partition coefficient (Wildman–Crippen LogP) is 3.90. The minimum absolute atomic E-state index is 0.206. The van der Waals surface area contributed by atoms with Crippen molar-refractivity contribution in [2.24, 2.45) is 0 Å². The van der Waals surface area contributed by atoms with E-state index in [4.69, 9.17) is 8.85 Å². The molecule has 0 aromatic rings. The second kappa shape index (κ2) is 5.86. The van der Waals surface area contributed by atoms with Crippen molar-refractivity contribution in [3.8, 4) is 0 Å². The number of carbonyl (C=O) groups excluding carboxylic acids is 1. The average Bonchev–Trinajstić information content (AvgIpc) is 1.96. The predicted molar refractivity (Wildman–Crippen MR) is 76.9 cm³/mol. The minimum Gasteiger partial charge on any atom is -0.547 e. The Kier molecular flexibility index (Phi) is 5.67. The van der Waals surface area contributed by atoms with E-state index in [9.17, 15) is 4.79 Å². The lowest BCUT2D eigenvalue weighted by Crippen LogP contribution is -2.31. The summed E-state index contributed by atoms with van der Waals surface area (Å²) in [6.07, 6.45) is 0.652. The number of carbonyl (C=O) groups is 1. The maximum atomic E-state index is 12.0. The van der Waals surface area contributed by atoms with E-state index in [-0.39, 0.29) is 5.97 Å². The molecule has 0 saturated heterocycles. The fraction of sp³-hybridized carbons (Fsp3) is 0.750. The van der Waals surface area contributed by atoms with E-state index in [1.54, 1.807) is 0 Å². The van der Waals surface area contributed by atoms with Crippen molar-refractivity contribution in [2.75, 3.05) is 0 Å². The third kappa shape index (κ3) is 7.38. The Balaban J connectivity index is 4.93. The van der Waals surface area contributed by atoms with E-state index in [2.05, 4.69) is 19.6 Å². The van der Waals surface area contributed by atoms with E-state index in [1.807, 2.05) is 33.5 Å². The van der Waals surface area contributed by atoms with Crippen molar-refractivity contribution >= 4 is 22.6 Å². The molecule has 0 aliphatic rings. The summed E-state index contributed by atoms with van der Waals surface area (Å²) in [4.78, 5) is 12.0. The number of allylic oxidation sites excluding steroid dienone is 1. The van der Waals surface area contributed by atoms with Gasteiger partial charge >= 0.3 is 5.97 Å². The van der Waals surface area contributed by atoms with Crippen molar-refractivity contribution in [3.63, 3.8) is 0 Å². The van der Waals surface area contributed by atoms with Crippen molar-refractivity contribution in [2.45, 2.75) is 59.6 Å². The van der Waals surface area contributed by atoms with Crippen LogP contribution in [0.4, 0.5) is 0 Å². The van der Waals surface area contributed by atoms with Crippen LogP contribution in [-0.2, 0) is 13.6 Å². The molecule has 0 radical (unpaired) electrons. The highest BCUT2D eigenvalue weighted by atomic mass is 28.4. The Labute approximate surface area is 107 Å². The third-order valence-electron chi connectivity index (χ3n) is 1.88. The summed E-state index contributed by atoms with van der Waals surface area (Å²) in [7, 11) is -3.49. The first kappa shape index (κ1) is 16.4. The van der Waals surface area contributed by atoms with Crippen LogP contribution in [0.1, 0.15) is 20.3 Å². The second-order valence-electron chi connectivity index (χ2n) is 6.10. The van der Waals surface area contributed by atoms with Crippen LogP contribution < -0.4 is 0 Å². The van der Waals surface area contributed by atoms with Gasteiger partial charge in [0.25, 0.3) is 0 Å². The largest absolute Gasteiger partial charge is 0.547 e. The zero-order valence-corrected chi connectivity index (χ0v) is 14.4. The summed E-state index contributed by atoms with van der Waals surface area (Å²) >= 11 is 0. The highest BCUT2D eigenvalue weighted by Gasteiger charge is 2.25. The molecule has 3 nitrogen and oxygen atoms in total. The van der Waals surface area contributed by atoms with Gasteiger partial charge < -0.3 is 8.85 Å². The highest BCUT2D eigenvalue weighted by molar-refractivity contribution is 6.71. The average molecular weight is 275 g/mol. The molecule has 0 heterocycles. The van der Waals surface area contributed by atoms with Crippen LogP contribution in [0.15, 0.2) is 11.3 Å². The lowest BCUT2D eigenvalue weighted by molar-refractivity contribution is -0.131. The van der Waals surface area contributed by atoms with E-state index in [0.717, 1.165) is 5.76 Å². The Hall–Kier alpha value is -0.556. The van der Waals surface area contributed by atoms with Crippen LogP contribution in [0.5, 0.6) is 0 Å². The number of rotatable bonds is 5. The minimum atomic E-state index is -1.83. The van der Waals surface area contributed by atoms with Gasteiger partial charge in [0.05, 0.1) is 11.3 Å². The highest BCUT2D eigenvalue weighted by Crippen LogP contribution is 2.19. The molecular weight excluding hydrogens is 248 g/mol. The lowest BCUT2D eigenvalue weighted by Gasteiger charge is -2.23.